The molecule has 0 amide bonds. The minimum atomic E-state index is -0.200. The molecule has 0 unspecified atom stereocenters. The van der Waals surface area contributed by atoms with Crippen molar-refractivity contribution in [1.29, 1.82) is 0 Å². The van der Waals surface area contributed by atoms with Gasteiger partial charge < -0.3 is 9.84 Å². The van der Waals surface area contributed by atoms with Crippen molar-refractivity contribution in [3.05, 3.63) is 29.8 Å². The molecule has 1 saturated heterocycles. The summed E-state index contributed by atoms with van der Waals surface area (Å²) in [6, 6.07) is 7.17. The first-order chi connectivity index (χ1) is 10.6. The molecule has 3 rings (SSSR count). The number of hydrogen-bond acceptors (Lipinski definition) is 7. The zero-order valence-electron chi connectivity index (χ0n) is 12.4. The number of para-hydroxylation sites is 1. The molecule has 0 aliphatic carbocycles. The molecule has 3 atom stereocenters. The van der Waals surface area contributed by atoms with Gasteiger partial charge in [-0.15, -0.1) is 23.5 Å². The molecule has 7 heteroatoms. The number of phenolic OH excluding ortho intramolecular Hbond substituents is 1. The Morgan fingerprint density at radius 3 is 2.91 bits per heavy atom. The van der Waals surface area contributed by atoms with Crippen molar-refractivity contribution in [3.63, 3.8) is 0 Å². The molecule has 2 heterocycles. The van der Waals surface area contributed by atoms with E-state index >= 15 is 0 Å². The highest BCUT2D eigenvalue weighted by Gasteiger charge is 2.42. The smallest absolute Gasteiger partial charge is 0.323 e. The number of aliphatic imine (C=N–C) groups is 1. The lowest BCUT2D eigenvalue weighted by Gasteiger charge is -2.25. The molecule has 0 aromatic heterocycles. The average Bonchev–Trinajstić information content (AvgIpc) is 3.13. The van der Waals surface area contributed by atoms with Crippen LogP contribution in [0.4, 0.5) is 0 Å². The molecule has 0 radical (unpaired) electrons. The van der Waals surface area contributed by atoms with Gasteiger partial charge in [-0.2, -0.15) is 0 Å². The van der Waals surface area contributed by atoms with E-state index < -0.39 is 0 Å². The minimum absolute atomic E-state index is 0.115. The van der Waals surface area contributed by atoms with Gasteiger partial charge in [-0.1, -0.05) is 12.1 Å². The van der Waals surface area contributed by atoms with Crippen LogP contribution in [0.3, 0.4) is 0 Å². The van der Waals surface area contributed by atoms with Gasteiger partial charge in [0.1, 0.15) is 16.8 Å². The molecule has 118 valence electrons. The molecule has 2 aliphatic heterocycles. The van der Waals surface area contributed by atoms with Crippen LogP contribution in [0.1, 0.15) is 5.56 Å². The first kappa shape index (κ1) is 15.7. The molecule has 1 aromatic rings. The number of esters is 1. The number of phenols is 1. The quantitative estimate of drug-likeness (QED) is 0.848. The Bertz CT molecular complexity index is 608. The van der Waals surface area contributed by atoms with Crippen molar-refractivity contribution < 1.29 is 14.6 Å². The van der Waals surface area contributed by atoms with Gasteiger partial charge in [0.05, 0.1) is 18.5 Å². The molecule has 0 spiro atoms. The van der Waals surface area contributed by atoms with Crippen molar-refractivity contribution in [2.45, 2.75) is 17.5 Å². The second-order valence-corrected chi connectivity index (χ2v) is 7.42. The van der Waals surface area contributed by atoms with E-state index in [-0.39, 0.29) is 29.2 Å². The maximum atomic E-state index is 11.8. The van der Waals surface area contributed by atoms with E-state index in [4.69, 9.17) is 9.73 Å². The normalized spacial score (nSPS) is 28.6. The van der Waals surface area contributed by atoms with Crippen LogP contribution in [0, 0.1) is 0 Å². The second kappa shape index (κ2) is 6.52. The lowest BCUT2D eigenvalue weighted by Crippen LogP contribution is -2.43. The number of aromatic hydroxyl groups is 1. The monoisotopic (exact) mass is 338 g/mol. The van der Waals surface area contributed by atoms with Gasteiger partial charge >= 0.3 is 5.97 Å². The summed E-state index contributed by atoms with van der Waals surface area (Å²) >= 11 is 3.40. The van der Waals surface area contributed by atoms with Crippen LogP contribution in [-0.2, 0) is 9.53 Å². The van der Waals surface area contributed by atoms with Crippen molar-refractivity contribution >= 4 is 34.5 Å². The number of ether oxygens (including phenoxy) is 1. The Balaban J connectivity index is 1.75. The molecule has 22 heavy (non-hydrogen) atoms. The molecule has 1 aromatic carbocycles. The lowest BCUT2D eigenvalue weighted by atomic mass is 10.2. The molecular formula is C15H18N2O3S2. The van der Waals surface area contributed by atoms with Gasteiger partial charge in [-0.3, -0.25) is 14.7 Å². The number of benzene rings is 1. The Labute approximate surface area is 138 Å². The number of hydrogen-bond donors (Lipinski definition) is 1. The standard InChI is InChI=1S/C15H18N2O3S2/c1-17-11(15(19)20-2)8-22-14(17)10-7-21-13(16-10)9-5-3-4-6-12(9)18/h3-6,10-11,14,18H,7-8H2,1-2H3/t10-,11-,14-/m0/s1. The topological polar surface area (TPSA) is 62.1 Å². The predicted molar refractivity (Wildman–Crippen MR) is 90.7 cm³/mol. The van der Waals surface area contributed by atoms with Crippen molar-refractivity contribution in [1.82, 2.24) is 4.90 Å². The molecule has 1 fully saturated rings. The van der Waals surface area contributed by atoms with Crippen LogP contribution >= 0.6 is 23.5 Å². The van der Waals surface area contributed by atoms with Crippen molar-refractivity contribution in [2.24, 2.45) is 4.99 Å². The summed E-state index contributed by atoms with van der Waals surface area (Å²) in [5.41, 5.74) is 0.783. The van der Waals surface area contributed by atoms with Gasteiger partial charge in [0, 0.05) is 17.1 Å². The molecule has 0 saturated carbocycles. The van der Waals surface area contributed by atoms with Crippen LogP contribution < -0.4 is 0 Å². The zero-order valence-corrected chi connectivity index (χ0v) is 14.1. The predicted octanol–water partition coefficient (Wildman–Crippen LogP) is 1.80. The minimum Gasteiger partial charge on any atom is -0.507 e. The van der Waals surface area contributed by atoms with Gasteiger partial charge in [0.15, 0.2) is 0 Å². The Morgan fingerprint density at radius 1 is 1.41 bits per heavy atom. The van der Waals surface area contributed by atoms with Crippen LogP contribution in [0.5, 0.6) is 5.75 Å². The summed E-state index contributed by atoms with van der Waals surface area (Å²) in [5.74, 6) is 1.66. The highest BCUT2D eigenvalue weighted by molar-refractivity contribution is 8.14. The van der Waals surface area contributed by atoms with Gasteiger partial charge in [-0.25, -0.2) is 0 Å². The van der Waals surface area contributed by atoms with Crippen LogP contribution in [0.25, 0.3) is 0 Å². The number of carbonyl (C=O) groups excluding carboxylic acids is 1. The highest BCUT2D eigenvalue weighted by Crippen LogP contribution is 2.37. The molecular weight excluding hydrogens is 320 g/mol. The average molecular weight is 338 g/mol. The maximum Gasteiger partial charge on any atom is 0.323 e. The van der Waals surface area contributed by atoms with E-state index in [2.05, 4.69) is 4.90 Å². The fourth-order valence-electron chi connectivity index (χ4n) is 2.69. The fourth-order valence-corrected chi connectivity index (χ4v) is 5.45. The molecule has 5 nitrogen and oxygen atoms in total. The Kier molecular flexibility index (Phi) is 4.65. The summed E-state index contributed by atoms with van der Waals surface area (Å²) < 4.78 is 4.85. The Hall–Kier alpha value is -1.18. The third-order valence-electron chi connectivity index (χ3n) is 3.93. The first-order valence-electron chi connectivity index (χ1n) is 7.02. The van der Waals surface area contributed by atoms with Crippen molar-refractivity contribution in [2.75, 3.05) is 25.7 Å². The second-order valence-electron chi connectivity index (χ2n) is 5.26. The van der Waals surface area contributed by atoms with E-state index in [0.717, 1.165) is 22.1 Å². The van der Waals surface area contributed by atoms with Crippen molar-refractivity contribution in [3.8, 4) is 5.75 Å². The summed E-state index contributed by atoms with van der Waals surface area (Å²) in [4.78, 5) is 18.6. The highest BCUT2D eigenvalue weighted by atomic mass is 32.2. The van der Waals surface area contributed by atoms with Gasteiger partial charge in [-0.05, 0) is 19.2 Å². The van der Waals surface area contributed by atoms with Crippen LogP contribution in [-0.4, -0.2) is 64.1 Å². The number of methoxy groups -OCH3 is 1. The van der Waals surface area contributed by atoms with E-state index in [0.29, 0.717) is 0 Å². The maximum absolute atomic E-state index is 11.8. The third kappa shape index (κ3) is 2.85. The molecule has 2 aliphatic rings. The Morgan fingerprint density at radius 2 is 2.18 bits per heavy atom. The van der Waals surface area contributed by atoms with Gasteiger partial charge in [0.2, 0.25) is 0 Å². The summed E-state index contributed by atoms with van der Waals surface area (Å²) in [5, 5.41) is 11.0. The van der Waals surface area contributed by atoms with Gasteiger partial charge in [0.25, 0.3) is 0 Å². The summed E-state index contributed by atoms with van der Waals surface area (Å²) in [6.45, 7) is 0. The lowest BCUT2D eigenvalue weighted by molar-refractivity contribution is -0.145. The van der Waals surface area contributed by atoms with E-state index in [1.807, 2.05) is 19.2 Å². The number of thioether (sulfide) groups is 2. The van der Waals surface area contributed by atoms with Crippen LogP contribution in [0.2, 0.25) is 0 Å². The van der Waals surface area contributed by atoms with E-state index in [1.54, 1.807) is 35.7 Å². The summed E-state index contributed by atoms with van der Waals surface area (Å²) in [7, 11) is 3.37. The molecule has 0 bridgehead atoms. The number of rotatable bonds is 3. The SMILES string of the molecule is COC(=O)[C@@H]1CS[C@@H]([C@@H]2CSC(c3ccccc3O)=N2)N1C. The van der Waals surface area contributed by atoms with E-state index in [9.17, 15) is 9.90 Å². The number of likely N-dealkylation sites (N-methyl/N-ethyl adjacent to an activating group) is 1. The fraction of sp³-hybridized carbons (Fsp3) is 0.467. The molecule has 1 N–H and O–H groups in total. The zero-order chi connectivity index (χ0) is 15.7. The van der Waals surface area contributed by atoms with Crippen LogP contribution in [0.15, 0.2) is 29.3 Å². The largest absolute Gasteiger partial charge is 0.507 e. The number of nitrogens with zero attached hydrogens (tertiary/aromatic N) is 2. The van der Waals surface area contributed by atoms with E-state index in [1.165, 1.54) is 7.11 Å². The third-order valence-corrected chi connectivity index (χ3v) is 6.53. The summed E-state index contributed by atoms with van der Waals surface area (Å²) in [6.07, 6.45) is 0. The first-order valence-corrected chi connectivity index (χ1v) is 9.05. The number of carbonyl (C=O) groups is 1.